The first-order valence-electron chi connectivity index (χ1n) is 19.1. The van der Waals surface area contributed by atoms with Gasteiger partial charge in [0.25, 0.3) is 0 Å². The van der Waals surface area contributed by atoms with E-state index in [2.05, 4.69) is 117 Å². The van der Waals surface area contributed by atoms with E-state index in [1.165, 1.54) is 22.2 Å². The van der Waals surface area contributed by atoms with Crippen molar-refractivity contribution in [3.63, 3.8) is 0 Å². The number of ketones is 1. The first-order valence-corrected chi connectivity index (χ1v) is 19.1. The summed E-state index contributed by atoms with van der Waals surface area (Å²) in [5.74, 6) is 1.05. The van der Waals surface area contributed by atoms with Crippen LogP contribution in [0.5, 0.6) is 0 Å². The van der Waals surface area contributed by atoms with E-state index in [1.807, 2.05) is 38.3 Å². The van der Waals surface area contributed by atoms with E-state index in [1.54, 1.807) is 6.20 Å². The topological polar surface area (TPSA) is 67.2 Å². The Kier molecular flexibility index (Phi) is 13.5. The molecule has 0 aliphatic carbocycles. The summed E-state index contributed by atoms with van der Waals surface area (Å²) < 4.78 is 8.44. The van der Waals surface area contributed by atoms with Crippen LogP contribution in [0.3, 0.4) is 0 Å². The zero-order valence-corrected chi connectivity index (χ0v) is 34.7. The van der Waals surface area contributed by atoms with Crippen molar-refractivity contribution in [2.45, 2.75) is 73.6 Å². The second kappa shape index (κ2) is 18.0. The number of allylic oxidation sites excluding steroid dienone is 2. The zero-order valence-electron chi connectivity index (χ0n) is 32.3. The number of carbonyl (C=O) groups excluding carboxylic acids is 1. The van der Waals surface area contributed by atoms with Crippen molar-refractivity contribution in [2.75, 3.05) is 0 Å². The molecule has 0 amide bonds. The Balaban J connectivity index is 0.000000301. The van der Waals surface area contributed by atoms with Gasteiger partial charge in [0, 0.05) is 62.0 Å². The molecular weight excluding hydrogens is 845 g/mol. The quantitative estimate of drug-likeness (QED) is 0.0462. The SMILES string of the molecule is CCC(CC)C(=O)/C=C(\O)C(CC)CC.[CH2-][n+]1c(-c2[c-]c(CC(C)C)cc3c2oc2ncccc23)cc(-c2ccccc2)c2c3ccccc3ccc21.[Ir]. The minimum Gasteiger partial charge on any atom is -0.512 e. The van der Waals surface area contributed by atoms with Crippen molar-refractivity contribution < 1.29 is 39.0 Å². The number of nitrogens with zero attached hydrogens (tertiary/aromatic N) is 2. The van der Waals surface area contributed by atoms with Gasteiger partial charge in [-0.05, 0) is 89.8 Å². The summed E-state index contributed by atoms with van der Waals surface area (Å²) >= 11 is 0. The van der Waals surface area contributed by atoms with Crippen molar-refractivity contribution in [2.24, 2.45) is 17.8 Å². The second-order valence-corrected chi connectivity index (χ2v) is 14.4. The average Bonchev–Trinajstić information content (AvgIpc) is 3.54. The fourth-order valence-corrected chi connectivity index (χ4v) is 7.45. The van der Waals surface area contributed by atoms with Gasteiger partial charge in [-0.3, -0.25) is 4.79 Å². The molecule has 281 valence electrons. The largest absolute Gasteiger partial charge is 0.512 e. The molecule has 0 unspecified atom stereocenters. The van der Waals surface area contributed by atoms with Crippen molar-refractivity contribution >= 4 is 49.5 Å². The molecule has 1 N–H and O–H groups in total. The number of pyridine rings is 2. The molecule has 7 rings (SSSR count). The third kappa shape index (κ3) is 8.31. The van der Waals surface area contributed by atoms with Crippen LogP contribution in [-0.2, 0) is 31.3 Å². The van der Waals surface area contributed by atoms with Gasteiger partial charge in [-0.25, -0.2) is 4.98 Å². The predicted molar refractivity (Wildman–Crippen MR) is 220 cm³/mol. The van der Waals surface area contributed by atoms with Crippen LogP contribution in [0.1, 0.15) is 72.8 Å². The number of aromatic nitrogens is 2. The second-order valence-electron chi connectivity index (χ2n) is 14.4. The average molecular weight is 896 g/mol. The van der Waals surface area contributed by atoms with Crippen LogP contribution < -0.4 is 4.57 Å². The molecule has 3 heterocycles. The predicted octanol–water partition coefficient (Wildman–Crippen LogP) is 12.4. The Hall–Kier alpha value is -4.77. The molecule has 0 saturated carbocycles. The van der Waals surface area contributed by atoms with Crippen molar-refractivity contribution in [3.8, 4) is 22.4 Å². The maximum atomic E-state index is 11.7. The number of fused-ring (bicyclic) bond motifs is 6. The van der Waals surface area contributed by atoms with E-state index in [9.17, 15) is 9.90 Å². The maximum absolute atomic E-state index is 11.7. The van der Waals surface area contributed by atoms with Gasteiger partial charge < -0.3 is 14.1 Å². The molecule has 6 heteroatoms. The molecule has 3 aromatic heterocycles. The van der Waals surface area contributed by atoms with Crippen LogP contribution in [0.15, 0.2) is 113 Å². The molecule has 0 spiro atoms. The molecule has 0 saturated heterocycles. The summed E-state index contributed by atoms with van der Waals surface area (Å²) in [6.45, 7) is 12.5. The molecule has 54 heavy (non-hydrogen) atoms. The van der Waals surface area contributed by atoms with Gasteiger partial charge in [-0.15, -0.1) is 17.7 Å². The van der Waals surface area contributed by atoms with E-state index < -0.39 is 0 Å². The normalized spacial score (nSPS) is 11.8. The van der Waals surface area contributed by atoms with Gasteiger partial charge in [-0.2, -0.15) is 0 Å². The molecule has 0 bridgehead atoms. The van der Waals surface area contributed by atoms with Crippen molar-refractivity contribution in [1.82, 2.24) is 4.98 Å². The van der Waals surface area contributed by atoms with Crippen LogP contribution in [0.2, 0.25) is 0 Å². The number of rotatable bonds is 11. The molecular formula is C48H51IrN2O3-. The number of furan rings is 1. The van der Waals surface area contributed by atoms with Crippen LogP contribution in [0, 0.1) is 30.9 Å². The Labute approximate surface area is 333 Å². The number of hydrogen-bond donors (Lipinski definition) is 1. The monoisotopic (exact) mass is 896 g/mol. The minimum atomic E-state index is 0. The Bertz CT molecular complexity index is 2400. The fraction of sp³-hybridized carbons (Fsp3) is 0.292. The first-order chi connectivity index (χ1) is 25.7. The third-order valence-corrected chi connectivity index (χ3v) is 10.4. The number of carbonyl (C=O) groups is 1. The van der Waals surface area contributed by atoms with E-state index in [0.29, 0.717) is 11.6 Å². The Morgan fingerprint density at radius 1 is 0.852 bits per heavy atom. The van der Waals surface area contributed by atoms with E-state index in [4.69, 9.17) is 4.42 Å². The molecule has 0 fully saturated rings. The zero-order chi connectivity index (χ0) is 37.6. The summed E-state index contributed by atoms with van der Waals surface area (Å²) in [6.07, 6.45) is 7.61. The van der Waals surface area contributed by atoms with Gasteiger partial charge >= 0.3 is 0 Å². The van der Waals surface area contributed by atoms with E-state index >= 15 is 0 Å². The third-order valence-electron chi connectivity index (χ3n) is 10.4. The summed E-state index contributed by atoms with van der Waals surface area (Å²) in [4.78, 5) is 16.2. The summed E-state index contributed by atoms with van der Waals surface area (Å²) in [5.41, 5.74) is 7.86. The number of aliphatic hydroxyl groups excluding tert-OH is 1. The van der Waals surface area contributed by atoms with Crippen LogP contribution in [-0.4, -0.2) is 15.9 Å². The molecule has 0 aliphatic heterocycles. The Morgan fingerprint density at radius 3 is 2.20 bits per heavy atom. The van der Waals surface area contributed by atoms with Gasteiger partial charge in [-0.1, -0.05) is 108 Å². The van der Waals surface area contributed by atoms with E-state index in [-0.39, 0.29) is 43.5 Å². The fourth-order valence-electron chi connectivity index (χ4n) is 7.45. The van der Waals surface area contributed by atoms with Crippen LogP contribution in [0.25, 0.3) is 66.1 Å². The first kappa shape index (κ1) is 40.4. The molecule has 0 aliphatic rings. The van der Waals surface area contributed by atoms with Gasteiger partial charge in [0.05, 0.1) is 11.3 Å². The molecule has 7 aromatic rings. The molecule has 1 radical (unpaired) electrons. The number of hydrogen-bond acceptors (Lipinski definition) is 4. The molecule has 4 aromatic carbocycles. The number of aliphatic hydroxyl groups is 1. The van der Waals surface area contributed by atoms with Crippen molar-refractivity contribution in [1.29, 1.82) is 0 Å². The van der Waals surface area contributed by atoms with E-state index in [0.717, 1.165) is 81.9 Å². The van der Waals surface area contributed by atoms with Crippen LogP contribution >= 0.6 is 0 Å². The summed E-state index contributed by atoms with van der Waals surface area (Å²) in [6, 6.07) is 35.7. The van der Waals surface area contributed by atoms with Gasteiger partial charge in [0.15, 0.2) is 5.78 Å². The Morgan fingerprint density at radius 2 is 1.52 bits per heavy atom. The summed E-state index contributed by atoms with van der Waals surface area (Å²) in [5, 5.41) is 15.5. The minimum absolute atomic E-state index is 0. The smallest absolute Gasteiger partial charge is 0.216 e. The molecule has 5 nitrogen and oxygen atoms in total. The summed E-state index contributed by atoms with van der Waals surface area (Å²) in [7, 11) is 4.56. The van der Waals surface area contributed by atoms with Gasteiger partial charge in [0.2, 0.25) is 5.71 Å². The number of benzene rings is 4. The van der Waals surface area contributed by atoms with Crippen molar-refractivity contribution in [3.05, 3.63) is 128 Å². The standard InChI is InChI=1S/C35H27N2O.C13H24O2.Ir/c1-22(2)18-23-19-29-27-14-9-17-36-35(27)38-34(29)30(20-23)32-21-28(24-10-5-4-6-11-24)33-26-13-8-7-12-25(26)15-16-31(33)37(32)3;1-5-10(6-2)12(14)9-13(15)11(7-3)8-4;/h4-17,19,21-22H,3,18H2,1-2H3;9-11,14H,5-8H2,1-4H3;/q-1;;/b;12-9-;. The maximum Gasteiger partial charge on any atom is 0.216 e. The van der Waals surface area contributed by atoms with Gasteiger partial charge in [0.1, 0.15) is 11.2 Å². The van der Waals surface area contributed by atoms with Crippen LogP contribution in [0.4, 0.5) is 0 Å². The molecule has 0 atom stereocenters.